The molecule has 2 aromatic carbocycles. The Morgan fingerprint density at radius 3 is 2.60 bits per heavy atom. The fourth-order valence-corrected chi connectivity index (χ4v) is 2.60. The molecule has 0 aliphatic carbocycles. The van der Waals surface area contributed by atoms with Gasteiger partial charge in [-0.25, -0.2) is 0 Å². The molecule has 0 radical (unpaired) electrons. The molecule has 0 unspecified atom stereocenters. The maximum Gasteiger partial charge on any atom is 0.265 e. The number of hydrogen-bond acceptors (Lipinski definition) is 4. The molecule has 2 atom stereocenters. The quantitative estimate of drug-likeness (QED) is 0.835. The third-order valence-electron chi connectivity index (χ3n) is 4.01. The first-order valence-corrected chi connectivity index (χ1v) is 8.58. The second kappa shape index (κ2) is 8.53. The van der Waals surface area contributed by atoms with E-state index < -0.39 is 6.10 Å². The van der Waals surface area contributed by atoms with Crippen LogP contribution in [0.5, 0.6) is 11.5 Å². The molecule has 0 spiro atoms. The van der Waals surface area contributed by atoms with Crippen LogP contribution in [0.15, 0.2) is 54.6 Å². The van der Waals surface area contributed by atoms with E-state index in [9.17, 15) is 4.79 Å². The van der Waals surface area contributed by atoms with Gasteiger partial charge in [0, 0.05) is 12.3 Å². The minimum absolute atomic E-state index is 0.190. The monoisotopic (exact) mass is 341 g/mol. The highest BCUT2D eigenvalue weighted by Gasteiger charge is 2.16. The fraction of sp³-hybridized carbons (Fsp3) is 0.350. The molecule has 25 heavy (non-hydrogen) atoms. The predicted molar refractivity (Wildman–Crippen MR) is 96.1 cm³/mol. The van der Waals surface area contributed by atoms with Gasteiger partial charge in [0.15, 0.2) is 6.10 Å². The molecule has 1 fully saturated rings. The molecule has 5 nitrogen and oxygen atoms in total. The van der Waals surface area contributed by atoms with Gasteiger partial charge in [0.25, 0.3) is 5.91 Å². The van der Waals surface area contributed by atoms with Crippen LogP contribution in [0, 0.1) is 0 Å². The number of hydrogen-bond donors (Lipinski definition) is 1. The average molecular weight is 341 g/mol. The molecule has 1 aliphatic rings. The van der Waals surface area contributed by atoms with E-state index in [1.165, 1.54) is 0 Å². The van der Waals surface area contributed by atoms with Gasteiger partial charge in [-0.2, -0.15) is 0 Å². The molecule has 2 aromatic rings. The van der Waals surface area contributed by atoms with Crippen LogP contribution in [0.4, 0.5) is 5.69 Å². The van der Waals surface area contributed by atoms with Gasteiger partial charge in [-0.1, -0.05) is 18.2 Å². The van der Waals surface area contributed by atoms with Crippen LogP contribution < -0.4 is 14.8 Å². The summed E-state index contributed by atoms with van der Waals surface area (Å²) in [5, 5.41) is 2.84. The first-order valence-electron chi connectivity index (χ1n) is 8.58. The van der Waals surface area contributed by atoms with Gasteiger partial charge in [0.05, 0.1) is 6.10 Å². The van der Waals surface area contributed by atoms with Crippen molar-refractivity contribution in [1.82, 2.24) is 0 Å². The van der Waals surface area contributed by atoms with Crippen LogP contribution >= 0.6 is 0 Å². The van der Waals surface area contributed by atoms with E-state index in [2.05, 4.69) is 5.32 Å². The summed E-state index contributed by atoms with van der Waals surface area (Å²) in [6, 6.07) is 16.6. The second-order valence-corrected chi connectivity index (χ2v) is 6.03. The van der Waals surface area contributed by atoms with Crippen molar-refractivity contribution in [3.63, 3.8) is 0 Å². The number of amides is 1. The lowest BCUT2D eigenvalue weighted by atomic mass is 10.2. The smallest absolute Gasteiger partial charge is 0.265 e. The topological polar surface area (TPSA) is 56.8 Å². The van der Waals surface area contributed by atoms with Crippen molar-refractivity contribution >= 4 is 11.6 Å². The molecule has 0 saturated carbocycles. The second-order valence-electron chi connectivity index (χ2n) is 6.03. The third-order valence-corrected chi connectivity index (χ3v) is 4.01. The van der Waals surface area contributed by atoms with E-state index in [0.717, 1.165) is 25.2 Å². The lowest BCUT2D eigenvalue weighted by molar-refractivity contribution is -0.122. The molecule has 0 aromatic heterocycles. The standard InChI is InChI=1S/C20H23NO4/c1-15(25-18-6-3-2-4-7-18)20(22)21-16-9-11-17(12-10-16)24-14-19-8-5-13-23-19/h2-4,6-7,9-12,15,19H,5,8,13-14H2,1H3,(H,21,22)/t15-,19-/m0/s1. The van der Waals surface area contributed by atoms with Crippen LogP contribution in [0.25, 0.3) is 0 Å². The van der Waals surface area contributed by atoms with Crippen molar-refractivity contribution in [2.24, 2.45) is 0 Å². The molecule has 0 bridgehead atoms. The molecule has 132 valence electrons. The summed E-state index contributed by atoms with van der Waals surface area (Å²) >= 11 is 0. The van der Waals surface area contributed by atoms with Crippen LogP contribution in [0.2, 0.25) is 0 Å². The van der Waals surface area contributed by atoms with Gasteiger partial charge in [0.1, 0.15) is 18.1 Å². The number of carbonyl (C=O) groups excluding carboxylic acids is 1. The SMILES string of the molecule is C[C@H](Oc1ccccc1)C(=O)Nc1ccc(OC[C@@H]2CCCO2)cc1. The maximum atomic E-state index is 12.2. The number of carbonyl (C=O) groups is 1. The van der Waals surface area contributed by atoms with Gasteiger partial charge < -0.3 is 19.5 Å². The molecule has 1 heterocycles. The van der Waals surface area contributed by atoms with Crippen LogP contribution in [-0.2, 0) is 9.53 Å². The molecule has 1 amide bonds. The Hall–Kier alpha value is -2.53. The van der Waals surface area contributed by atoms with Crippen molar-refractivity contribution in [2.45, 2.75) is 32.0 Å². The number of anilines is 1. The van der Waals surface area contributed by atoms with Crippen LogP contribution in [0.3, 0.4) is 0 Å². The highest BCUT2D eigenvalue weighted by molar-refractivity contribution is 5.94. The van der Waals surface area contributed by atoms with Crippen LogP contribution in [-0.4, -0.2) is 31.3 Å². The Kier molecular flexibility index (Phi) is 5.90. The first kappa shape index (κ1) is 17.3. The summed E-state index contributed by atoms with van der Waals surface area (Å²) in [6.45, 7) is 3.11. The van der Waals surface area contributed by atoms with Gasteiger partial charge in [-0.3, -0.25) is 4.79 Å². The maximum absolute atomic E-state index is 12.2. The zero-order valence-corrected chi connectivity index (χ0v) is 14.3. The van der Waals surface area contributed by atoms with Gasteiger partial charge in [-0.05, 0) is 56.2 Å². The van der Waals surface area contributed by atoms with Crippen molar-refractivity contribution < 1.29 is 19.0 Å². The Morgan fingerprint density at radius 2 is 1.92 bits per heavy atom. The molecular weight excluding hydrogens is 318 g/mol. The zero-order valence-electron chi connectivity index (χ0n) is 14.3. The minimum atomic E-state index is -0.585. The van der Waals surface area contributed by atoms with E-state index >= 15 is 0 Å². The molecule has 3 rings (SSSR count). The fourth-order valence-electron chi connectivity index (χ4n) is 2.60. The van der Waals surface area contributed by atoms with Crippen molar-refractivity contribution in [1.29, 1.82) is 0 Å². The first-order chi connectivity index (χ1) is 12.2. The molecule has 1 N–H and O–H groups in total. The third kappa shape index (κ3) is 5.22. The van der Waals surface area contributed by atoms with Crippen molar-refractivity contribution in [3.8, 4) is 11.5 Å². The molecule has 1 aliphatic heterocycles. The highest BCUT2D eigenvalue weighted by atomic mass is 16.5. The Morgan fingerprint density at radius 1 is 1.16 bits per heavy atom. The van der Waals surface area contributed by atoms with Gasteiger partial charge in [-0.15, -0.1) is 0 Å². The van der Waals surface area contributed by atoms with Crippen molar-refractivity contribution in [2.75, 3.05) is 18.5 Å². The summed E-state index contributed by atoms with van der Waals surface area (Å²) in [6.07, 6.45) is 1.75. The summed E-state index contributed by atoms with van der Waals surface area (Å²) < 4.78 is 16.9. The summed E-state index contributed by atoms with van der Waals surface area (Å²) in [5.74, 6) is 1.24. The normalized spacial score (nSPS) is 17.7. The minimum Gasteiger partial charge on any atom is -0.491 e. The Bertz CT molecular complexity index is 666. The van der Waals surface area contributed by atoms with E-state index in [1.807, 2.05) is 54.6 Å². The molecule has 1 saturated heterocycles. The summed E-state index contributed by atoms with van der Waals surface area (Å²) in [4.78, 5) is 12.2. The highest BCUT2D eigenvalue weighted by Crippen LogP contribution is 2.19. The largest absolute Gasteiger partial charge is 0.491 e. The van der Waals surface area contributed by atoms with Gasteiger partial charge >= 0.3 is 0 Å². The van der Waals surface area contributed by atoms with E-state index in [1.54, 1.807) is 6.92 Å². The number of para-hydroxylation sites is 1. The van der Waals surface area contributed by atoms with E-state index in [0.29, 0.717) is 18.0 Å². The lowest BCUT2D eigenvalue weighted by Gasteiger charge is -2.15. The van der Waals surface area contributed by atoms with Gasteiger partial charge in [0.2, 0.25) is 0 Å². The van der Waals surface area contributed by atoms with E-state index in [4.69, 9.17) is 14.2 Å². The molecular formula is C20H23NO4. The number of benzene rings is 2. The Labute approximate surface area is 147 Å². The van der Waals surface area contributed by atoms with Crippen molar-refractivity contribution in [3.05, 3.63) is 54.6 Å². The predicted octanol–water partition coefficient (Wildman–Crippen LogP) is 3.65. The zero-order chi connectivity index (χ0) is 17.5. The lowest BCUT2D eigenvalue weighted by Crippen LogP contribution is -2.30. The molecule has 5 heteroatoms. The number of ether oxygens (including phenoxy) is 3. The number of rotatable bonds is 7. The Balaban J connectivity index is 1.47. The number of nitrogens with one attached hydrogen (secondary N) is 1. The summed E-state index contributed by atoms with van der Waals surface area (Å²) in [5.41, 5.74) is 0.706. The van der Waals surface area contributed by atoms with E-state index in [-0.39, 0.29) is 12.0 Å². The summed E-state index contributed by atoms with van der Waals surface area (Å²) in [7, 11) is 0. The average Bonchev–Trinajstić information content (AvgIpc) is 3.15. The van der Waals surface area contributed by atoms with Crippen LogP contribution in [0.1, 0.15) is 19.8 Å².